The number of benzene rings is 1. The summed E-state index contributed by atoms with van der Waals surface area (Å²) in [6, 6.07) is 9.20. The van der Waals surface area contributed by atoms with E-state index in [0.717, 1.165) is 28.7 Å². The first kappa shape index (κ1) is 16.4. The van der Waals surface area contributed by atoms with Crippen LogP contribution in [0.25, 0.3) is 0 Å². The number of rotatable bonds is 6. The molecular weight excluding hydrogens is 302 g/mol. The minimum absolute atomic E-state index is 0.509. The summed E-state index contributed by atoms with van der Waals surface area (Å²) in [5.41, 5.74) is 3.44. The number of hydrogen-bond acceptors (Lipinski definition) is 3. The summed E-state index contributed by atoms with van der Waals surface area (Å²) in [6.45, 7) is 7.23. The lowest BCUT2D eigenvalue weighted by atomic mass is 10.2. The van der Waals surface area contributed by atoms with Crippen LogP contribution in [0, 0.1) is 6.92 Å². The van der Waals surface area contributed by atoms with E-state index in [1.807, 2.05) is 14.0 Å². The molecule has 21 heavy (non-hydrogen) atoms. The van der Waals surface area contributed by atoms with Crippen molar-refractivity contribution in [1.82, 2.24) is 15.1 Å². The van der Waals surface area contributed by atoms with Gasteiger partial charge < -0.3 is 5.32 Å². The summed E-state index contributed by atoms with van der Waals surface area (Å²) in [5, 5.41) is 8.50. The summed E-state index contributed by atoms with van der Waals surface area (Å²) < 4.78 is 1.73. The van der Waals surface area contributed by atoms with Gasteiger partial charge in [0, 0.05) is 35.8 Å². The molecule has 0 bridgehead atoms. The molecule has 2 aromatic rings. The van der Waals surface area contributed by atoms with E-state index < -0.39 is 0 Å². The highest BCUT2D eigenvalue weighted by Crippen LogP contribution is 2.28. The number of aromatic nitrogens is 2. The van der Waals surface area contributed by atoms with Crippen molar-refractivity contribution in [2.45, 2.75) is 44.0 Å². The van der Waals surface area contributed by atoms with Gasteiger partial charge in [-0.3, -0.25) is 4.68 Å². The highest BCUT2D eigenvalue weighted by molar-refractivity contribution is 7.98. The zero-order valence-electron chi connectivity index (χ0n) is 13.0. The van der Waals surface area contributed by atoms with Gasteiger partial charge in [0.2, 0.25) is 0 Å². The van der Waals surface area contributed by atoms with Gasteiger partial charge in [-0.05, 0) is 24.6 Å². The highest BCUT2D eigenvalue weighted by atomic mass is 35.5. The van der Waals surface area contributed by atoms with E-state index in [4.69, 9.17) is 11.6 Å². The fourth-order valence-electron chi connectivity index (χ4n) is 2.02. The fraction of sp³-hybridized carbons (Fsp3) is 0.438. The second-order valence-corrected chi connectivity index (χ2v) is 6.85. The smallest absolute Gasteiger partial charge is 0.131 e. The van der Waals surface area contributed by atoms with E-state index in [0.29, 0.717) is 6.04 Å². The van der Waals surface area contributed by atoms with E-state index in [9.17, 15) is 0 Å². The quantitative estimate of drug-likeness (QED) is 0.809. The Bertz CT molecular complexity index is 590. The molecule has 1 aromatic heterocycles. The molecule has 0 amide bonds. The van der Waals surface area contributed by atoms with Crippen LogP contribution in [0.5, 0.6) is 0 Å². The molecule has 0 aliphatic rings. The van der Waals surface area contributed by atoms with Crippen molar-refractivity contribution in [3.63, 3.8) is 0 Å². The highest BCUT2D eigenvalue weighted by Gasteiger charge is 2.11. The summed E-state index contributed by atoms with van der Waals surface area (Å²) >= 11 is 8.05. The molecule has 3 nitrogen and oxygen atoms in total. The van der Waals surface area contributed by atoms with Crippen molar-refractivity contribution in [2.24, 2.45) is 7.05 Å². The first-order valence-corrected chi connectivity index (χ1v) is 8.47. The molecule has 0 saturated carbocycles. The molecule has 114 valence electrons. The van der Waals surface area contributed by atoms with Gasteiger partial charge in [0.05, 0.1) is 5.69 Å². The predicted octanol–water partition coefficient (Wildman–Crippen LogP) is 4.17. The molecule has 1 N–H and O–H groups in total. The molecule has 0 unspecified atom stereocenters. The van der Waals surface area contributed by atoms with E-state index in [1.54, 1.807) is 16.4 Å². The van der Waals surface area contributed by atoms with Crippen LogP contribution in [0.4, 0.5) is 0 Å². The third-order valence-electron chi connectivity index (χ3n) is 3.29. The lowest BCUT2D eigenvalue weighted by Crippen LogP contribution is -2.21. The van der Waals surface area contributed by atoms with Crippen LogP contribution in [0.1, 0.15) is 30.7 Å². The van der Waals surface area contributed by atoms with Crippen LogP contribution in [-0.2, 0) is 19.3 Å². The molecular formula is C16H22ClN3S. The van der Waals surface area contributed by atoms with Gasteiger partial charge in [-0.25, -0.2) is 0 Å². The molecule has 0 fully saturated rings. The largest absolute Gasteiger partial charge is 0.310 e. The molecule has 5 heteroatoms. The van der Waals surface area contributed by atoms with Crippen molar-refractivity contribution in [1.29, 1.82) is 0 Å². The van der Waals surface area contributed by atoms with E-state index in [2.05, 4.69) is 48.5 Å². The second-order valence-electron chi connectivity index (χ2n) is 5.45. The minimum atomic E-state index is 0.509. The van der Waals surface area contributed by atoms with Crippen molar-refractivity contribution in [3.8, 4) is 0 Å². The molecule has 2 rings (SSSR count). The van der Waals surface area contributed by atoms with Gasteiger partial charge in [0.15, 0.2) is 0 Å². The zero-order chi connectivity index (χ0) is 15.4. The van der Waals surface area contributed by atoms with Crippen LogP contribution in [0.3, 0.4) is 0 Å². The average molecular weight is 324 g/mol. The van der Waals surface area contributed by atoms with Gasteiger partial charge >= 0.3 is 0 Å². The Labute approximate surface area is 136 Å². The maximum absolute atomic E-state index is 6.26. The third-order valence-corrected chi connectivity index (χ3v) is 4.80. The Morgan fingerprint density at radius 2 is 1.95 bits per heavy atom. The average Bonchev–Trinajstić information content (AvgIpc) is 2.69. The lowest BCUT2D eigenvalue weighted by molar-refractivity contribution is 0.588. The predicted molar refractivity (Wildman–Crippen MR) is 90.9 cm³/mol. The summed E-state index contributed by atoms with van der Waals surface area (Å²) in [6.07, 6.45) is 0. The SMILES string of the molecule is Cc1nn(C)c(Cl)c1CSc1ccc(CNC(C)C)cc1. The number of aryl methyl sites for hydroxylation is 2. The third kappa shape index (κ3) is 4.50. The number of thioether (sulfide) groups is 1. The number of nitrogens with zero attached hydrogens (tertiary/aromatic N) is 2. The normalized spacial score (nSPS) is 11.3. The van der Waals surface area contributed by atoms with Crippen LogP contribution in [0.15, 0.2) is 29.2 Å². The Morgan fingerprint density at radius 3 is 2.48 bits per heavy atom. The second kappa shape index (κ2) is 7.34. The number of hydrogen-bond donors (Lipinski definition) is 1. The topological polar surface area (TPSA) is 29.9 Å². The first-order valence-electron chi connectivity index (χ1n) is 7.10. The van der Waals surface area contributed by atoms with Crippen molar-refractivity contribution >= 4 is 23.4 Å². The maximum atomic E-state index is 6.26. The van der Waals surface area contributed by atoms with Crippen LogP contribution in [-0.4, -0.2) is 15.8 Å². The minimum Gasteiger partial charge on any atom is -0.310 e. The molecule has 0 radical (unpaired) electrons. The molecule has 1 aromatic carbocycles. The van der Waals surface area contributed by atoms with Gasteiger partial charge in [-0.15, -0.1) is 11.8 Å². The van der Waals surface area contributed by atoms with Gasteiger partial charge in [-0.2, -0.15) is 5.10 Å². The molecule has 0 aliphatic carbocycles. The number of halogens is 1. The maximum Gasteiger partial charge on any atom is 0.131 e. The van der Waals surface area contributed by atoms with Gasteiger partial charge in [-0.1, -0.05) is 37.6 Å². The molecule has 0 spiro atoms. The van der Waals surface area contributed by atoms with Gasteiger partial charge in [0.1, 0.15) is 5.15 Å². The van der Waals surface area contributed by atoms with Crippen LogP contribution >= 0.6 is 23.4 Å². The first-order chi connectivity index (χ1) is 9.97. The Kier molecular flexibility index (Phi) is 5.73. The van der Waals surface area contributed by atoms with Crippen LogP contribution in [0.2, 0.25) is 5.15 Å². The molecule has 1 heterocycles. The van der Waals surface area contributed by atoms with Crippen LogP contribution < -0.4 is 5.32 Å². The monoisotopic (exact) mass is 323 g/mol. The summed E-state index contributed by atoms with van der Waals surface area (Å²) in [7, 11) is 1.88. The van der Waals surface area contributed by atoms with E-state index in [1.165, 1.54) is 10.5 Å². The fourth-order valence-corrected chi connectivity index (χ4v) is 3.32. The summed E-state index contributed by atoms with van der Waals surface area (Å²) in [5.74, 6) is 0.849. The lowest BCUT2D eigenvalue weighted by Gasteiger charge is -2.08. The van der Waals surface area contributed by atoms with Gasteiger partial charge in [0.25, 0.3) is 0 Å². The van der Waals surface area contributed by atoms with Crippen molar-refractivity contribution in [3.05, 3.63) is 46.2 Å². The summed E-state index contributed by atoms with van der Waals surface area (Å²) in [4.78, 5) is 1.25. The Hall–Kier alpha value is -0.970. The Balaban J connectivity index is 1.94. The Morgan fingerprint density at radius 1 is 1.29 bits per heavy atom. The molecule has 0 saturated heterocycles. The number of nitrogens with one attached hydrogen (secondary N) is 1. The standard InChI is InChI=1S/C16H22ClN3S/c1-11(2)18-9-13-5-7-14(8-6-13)21-10-15-12(3)19-20(4)16(15)17/h5-8,11,18H,9-10H2,1-4H3. The van der Waals surface area contributed by atoms with Crippen molar-refractivity contribution < 1.29 is 0 Å². The molecule has 0 atom stereocenters. The zero-order valence-corrected chi connectivity index (χ0v) is 14.6. The van der Waals surface area contributed by atoms with Crippen molar-refractivity contribution in [2.75, 3.05) is 0 Å². The van der Waals surface area contributed by atoms with E-state index in [-0.39, 0.29) is 0 Å². The molecule has 0 aliphatic heterocycles. The van der Waals surface area contributed by atoms with E-state index >= 15 is 0 Å².